The van der Waals surface area contributed by atoms with Gasteiger partial charge in [-0.1, -0.05) is 88.7 Å². The van der Waals surface area contributed by atoms with Crippen molar-refractivity contribution < 1.29 is 32.6 Å². The summed E-state index contributed by atoms with van der Waals surface area (Å²) in [6, 6.07) is 0. The second kappa shape index (κ2) is 22.8. The Hall–Kier alpha value is -1.70. The van der Waals surface area contributed by atoms with E-state index in [0.717, 1.165) is 12.2 Å². The molecule has 2 rings (SSSR count). The lowest BCUT2D eigenvalue weighted by Crippen LogP contribution is -2.20. The number of nitrogens with zero attached hydrogens (tertiary/aromatic N) is 4. The fourth-order valence-electron chi connectivity index (χ4n) is 4.55. The predicted octanol–water partition coefficient (Wildman–Crippen LogP) is 7.30. The summed E-state index contributed by atoms with van der Waals surface area (Å²) in [5.41, 5.74) is 6.94. The summed E-state index contributed by atoms with van der Waals surface area (Å²) in [5.74, 6) is 1.80. The van der Waals surface area contributed by atoms with Crippen molar-refractivity contribution in [1.82, 2.24) is 19.5 Å². The molecule has 45 heavy (non-hydrogen) atoms. The maximum Gasteiger partial charge on any atom is 0.510 e. The second-order valence-electron chi connectivity index (χ2n) is 11.4. The normalized spacial score (nSPS) is 14.4. The monoisotopic (exact) mass is 691 g/mol. The molecule has 0 aliphatic carbocycles. The van der Waals surface area contributed by atoms with Crippen molar-refractivity contribution in [2.24, 2.45) is 0 Å². The van der Waals surface area contributed by atoms with Gasteiger partial charge in [-0.15, -0.1) is 9.45 Å². The number of carbonyl (C=O) groups is 1. The zero-order valence-corrected chi connectivity index (χ0v) is 30.1. The van der Waals surface area contributed by atoms with Gasteiger partial charge in [-0.2, -0.15) is 0 Å². The molecule has 0 amide bonds. The number of fused-ring (bicyclic) bond motifs is 1. The maximum atomic E-state index is 13.5. The van der Waals surface area contributed by atoms with Crippen molar-refractivity contribution in [3.63, 3.8) is 0 Å². The molecule has 2 heterocycles. The van der Waals surface area contributed by atoms with Crippen LogP contribution in [0.4, 0.5) is 10.6 Å². The van der Waals surface area contributed by atoms with Gasteiger partial charge < -0.3 is 29.0 Å². The fourth-order valence-corrected chi connectivity index (χ4v) is 7.47. The third kappa shape index (κ3) is 17.1. The summed E-state index contributed by atoms with van der Waals surface area (Å²) in [6.07, 6.45) is 16.5. The fraction of sp³-hybridized carbons (Fsp3) is 0.800. The van der Waals surface area contributed by atoms with Gasteiger partial charge in [-0.05, 0) is 32.9 Å². The largest absolute Gasteiger partial charge is 0.510 e. The molecular weight excluding hydrogens is 637 g/mol. The summed E-state index contributed by atoms with van der Waals surface area (Å²) in [6.45, 7) is 7.37. The second-order valence-corrected chi connectivity index (χ2v) is 16.5. The van der Waals surface area contributed by atoms with Crippen molar-refractivity contribution in [3.05, 3.63) is 12.7 Å². The number of rotatable bonds is 26. The standard InChI is InChI=1S/C30H54N5O7PS2/c1-5-6-7-8-9-10-11-12-13-14-15-16-18-45(44)19-17-40-43(37,41-23-38-30(36)42-25(2)3)24-39-26(4)20-35-22-34-27-28(31)32-21-33-29(27)35/h21-22,25-26H,5-20,23-24H2,1-4H3,(H2,31,32,33)/t26-,43+,45?/m1/s1. The molecule has 2 aromatic rings. The minimum atomic E-state index is -3.79. The van der Waals surface area contributed by atoms with Crippen LogP contribution in [0.2, 0.25) is 0 Å². The minimum absolute atomic E-state index is 0.151. The molecule has 0 saturated carbocycles. The van der Waals surface area contributed by atoms with Crippen LogP contribution in [0.1, 0.15) is 105 Å². The highest BCUT2D eigenvalue weighted by Crippen LogP contribution is 2.48. The molecule has 258 valence electrons. The van der Waals surface area contributed by atoms with Gasteiger partial charge in [-0.25, -0.2) is 19.7 Å². The van der Waals surface area contributed by atoms with Crippen LogP contribution in [0.5, 0.6) is 0 Å². The quantitative estimate of drug-likeness (QED) is 0.0456. The van der Waals surface area contributed by atoms with E-state index in [1.54, 1.807) is 24.7 Å². The van der Waals surface area contributed by atoms with E-state index in [4.69, 9.17) is 40.2 Å². The highest BCUT2D eigenvalue weighted by molar-refractivity contribution is 8.28. The average molecular weight is 692 g/mol. The lowest BCUT2D eigenvalue weighted by molar-refractivity contribution is -0.0177. The Morgan fingerprint density at radius 3 is 2.24 bits per heavy atom. The Bertz CT molecular complexity index is 1190. The lowest BCUT2D eigenvalue weighted by Gasteiger charge is -2.21. The molecule has 0 spiro atoms. The molecule has 0 aromatic carbocycles. The number of hydrogen-bond donors (Lipinski definition) is 1. The maximum absolute atomic E-state index is 13.5. The predicted molar refractivity (Wildman–Crippen MR) is 183 cm³/mol. The number of anilines is 1. The molecule has 3 atom stereocenters. The van der Waals surface area contributed by atoms with Gasteiger partial charge in [0.1, 0.15) is 18.2 Å². The van der Waals surface area contributed by atoms with E-state index >= 15 is 0 Å². The molecule has 0 aliphatic rings. The number of nitrogen functional groups attached to an aromatic ring is 1. The topological polar surface area (TPSA) is 150 Å². The van der Waals surface area contributed by atoms with Gasteiger partial charge in [0.15, 0.2) is 11.5 Å². The summed E-state index contributed by atoms with van der Waals surface area (Å²) in [4.78, 5) is 24.2. The van der Waals surface area contributed by atoms with E-state index < -0.39 is 26.6 Å². The summed E-state index contributed by atoms with van der Waals surface area (Å²) in [7, 11) is -4.08. The van der Waals surface area contributed by atoms with E-state index in [2.05, 4.69) is 21.9 Å². The van der Waals surface area contributed by atoms with Crippen molar-refractivity contribution in [2.75, 3.05) is 37.0 Å². The molecule has 2 N–H and O–H groups in total. The van der Waals surface area contributed by atoms with Crippen molar-refractivity contribution >= 4 is 51.4 Å². The number of carbonyl (C=O) groups excluding carboxylic acids is 1. The van der Waals surface area contributed by atoms with E-state index in [-0.39, 0.29) is 34.3 Å². The van der Waals surface area contributed by atoms with Gasteiger partial charge in [0.25, 0.3) is 0 Å². The number of unbranched alkanes of at least 4 members (excludes halogenated alkanes) is 11. The Morgan fingerprint density at radius 2 is 1.60 bits per heavy atom. The molecule has 1 unspecified atom stereocenters. The third-order valence-electron chi connectivity index (χ3n) is 6.98. The average Bonchev–Trinajstić information content (AvgIpc) is 3.40. The molecule has 2 aromatic heterocycles. The molecule has 0 fully saturated rings. The van der Waals surface area contributed by atoms with Crippen molar-refractivity contribution in [3.8, 4) is 0 Å². The SMILES string of the molecule is CCCCCCCCCCCCCCS(=S)CCO[P@@](=O)(CO[C@H](C)Cn1cnc2c(N)ncnc21)OCOC(=O)OC(C)C. The highest BCUT2D eigenvalue weighted by atomic mass is 32.8. The van der Waals surface area contributed by atoms with Gasteiger partial charge in [0.2, 0.25) is 6.79 Å². The van der Waals surface area contributed by atoms with Gasteiger partial charge in [-0.3, -0.25) is 9.09 Å². The van der Waals surface area contributed by atoms with E-state index in [9.17, 15) is 9.36 Å². The van der Waals surface area contributed by atoms with Crippen LogP contribution in [0.15, 0.2) is 12.7 Å². The number of imidazole rings is 1. The van der Waals surface area contributed by atoms with Crippen LogP contribution in [0.25, 0.3) is 11.2 Å². The van der Waals surface area contributed by atoms with E-state index in [0.29, 0.717) is 23.5 Å². The van der Waals surface area contributed by atoms with Gasteiger partial charge in [0, 0.05) is 5.75 Å². The number of ether oxygens (including phenoxy) is 3. The number of aromatic nitrogens is 4. The summed E-state index contributed by atoms with van der Waals surface area (Å²) < 4.78 is 42.1. The molecule has 0 radical (unpaired) electrons. The third-order valence-corrected chi connectivity index (χ3v) is 10.9. The first-order chi connectivity index (χ1) is 21.6. The summed E-state index contributed by atoms with van der Waals surface area (Å²) in [5, 5.41) is 0. The molecule has 0 saturated heterocycles. The molecular formula is C30H54N5O7PS2. The van der Waals surface area contributed by atoms with Crippen LogP contribution >= 0.6 is 7.60 Å². The first-order valence-electron chi connectivity index (χ1n) is 16.2. The highest BCUT2D eigenvalue weighted by Gasteiger charge is 2.28. The van der Waals surface area contributed by atoms with Crippen molar-refractivity contribution in [1.29, 1.82) is 0 Å². The zero-order chi connectivity index (χ0) is 32.9. The van der Waals surface area contributed by atoms with Crippen LogP contribution in [0.3, 0.4) is 0 Å². The van der Waals surface area contributed by atoms with Gasteiger partial charge >= 0.3 is 13.8 Å². The molecule has 0 bridgehead atoms. The zero-order valence-electron chi connectivity index (χ0n) is 27.5. The lowest BCUT2D eigenvalue weighted by atomic mass is 10.1. The Kier molecular flexibility index (Phi) is 20.0. The molecule has 12 nitrogen and oxygen atoms in total. The van der Waals surface area contributed by atoms with E-state index in [1.165, 1.54) is 77.0 Å². The van der Waals surface area contributed by atoms with Crippen LogP contribution in [0, 0.1) is 0 Å². The summed E-state index contributed by atoms with van der Waals surface area (Å²) >= 11 is 5.66. The Labute approximate surface area is 276 Å². The van der Waals surface area contributed by atoms with Crippen LogP contribution in [-0.4, -0.2) is 69.1 Å². The minimum Gasteiger partial charge on any atom is -0.432 e. The van der Waals surface area contributed by atoms with E-state index in [1.807, 2.05) is 6.92 Å². The van der Waals surface area contributed by atoms with Gasteiger partial charge in [0.05, 0.1) is 31.7 Å². The smallest absolute Gasteiger partial charge is 0.432 e. The van der Waals surface area contributed by atoms with Crippen LogP contribution in [-0.2, 0) is 55.0 Å². The first-order valence-corrected chi connectivity index (χ1v) is 20.4. The Balaban J connectivity index is 1.73. The first kappa shape index (κ1) is 39.5. The number of nitrogens with two attached hydrogens (primary N) is 1. The molecule has 0 aliphatic heterocycles. The Morgan fingerprint density at radius 1 is 0.956 bits per heavy atom. The molecule has 15 heteroatoms. The van der Waals surface area contributed by atoms with Crippen molar-refractivity contribution in [2.45, 2.75) is 123 Å². The van der Waals surface area contributed by atoms with Crippen LogP contribution < -0.4 is 5.73 Å². The number of hydrogen-bond acceptors (Lipinski definition) is 12.